The number of para-hydroxylation sites is 1. The summed E-state index contributed by atoms with van der Waals surface area (Å²) in [6.45, 7) is 1.17. The molecule has 0 saturated carbocycles. The third kappa shape index (κ3) is 4.12. The largest absolute Gasteiger partial charge is 0.636 e. The average Bonchev–Trinajstić information content (AvgIpc) is 3.14. The molecular weight excluding hydrogens is 361 g/mol. The van der Waals surface area contributed by atoms with Gasteiger partial charge in [-0.05, 0) is 24.7 Å². The minimum absolute atomic E-state index is 0.0380. The quantitative estimate of drug-likeness (QED) is 0.730. The monoisotopic (exact) mass is 381 g/mol. The molecule has 0 spiro atoms. The number of likely N-dealkylation sites (N-methyl/N-ethyl adjacent to an activating group) is 1. The van der Waals surface area contributed by atoms with Crippen LogP contribution in [0.4, 0.5) is 0 Å². The van der Waals surface area contributed by atoms with E-state index in [1.54, 1.807) is 36.2 Å². The first-order valence-corrected chi connectivity index (χ1v) is 9.12. The lowest BCUT2D eigenvalue weighted by Gasteiger charge is -2.22. The number of hydrogen-bond acceptors (Lipinski definition) is 7. The van der Waals surface area contributed by atoms with Crippen LogP contribution in [-0.4, -0.2) is 50.7 Å². The number of carbonyl (C=O) groups is 2. The van der Waals surface area contributed by atoms with Gasteiger partial charge in [-0.15, -0.1) is 0 Å². The topological polar surface area (TPSA) is 74.3 Å². The number of hydrogen-bond donors (Lipinski definition) is 0. The fourth-order valence-corrected chi connectivity index (χ4v) is 3.25. The van der Waals surface area contributed by atoms with Gasteiger partial charge in [-0.1, -0.05) is 30.3 Å². The van der Waals surface area contributed by atoms with Crippen LogP contribution < -0.4 is 14.9 Å². The molecule has 0 bridgehead atoms. The predicted octanol–water partition coefficient (Wildman–Crippen LogP) is 0.927. The first kappa shape index (κ1) is 18.4. The van der Waals surface area contributed by atoms with Crippen LogP contribution in [0.15, 0.2) is 42.5 Å². The number of rotatable bonds is 4. The molecule has 4 rings (SSSR count). The molecule has 2 aliphatic heterocycles. The molecular formula is C20H20BNO6. The van der Waals surface area contributed by atoms with Gasteiger partial charge in [0, 0.05) is 17.4 Å². The van der Waals surface area contributed by atoms with Gasteiger partial charge >= 0.3 is 19.1 Å². The van der Waals surface area contributed by atoms with Crippen LogP contribution in [0.5, 0.6) is 11.5 Å². The summed E-state index contributed by atoms with van der Waals surface area (Å²) in [5.41, 5.74) is 2.78. The molecule has 2 aromatic rings. The second-order valence-corrected chi connectivity index (χ2v) is 6.85. The summed E-state index contributed by atoms with van der Waals surface area (Å²) < 4.78 is 22.1. The summed E-state index contributed by atoms with van der Waals surface area (Å²) in [5, 5.41) is 0. The van der Waals surface area contributed by atoms with Crippen molar-refractivity contribution in [3.63, 3.8) is 0 Å². The molecule has 2 aromatic carbocycles. The number of ether oxygens (including phenoxy) is 2. The molecule has 2 heterocycles. The Morgan fingerprint density at radius 1 is 1.04 bits per heavy atom. The van der Waals surface area contributed by atoms with Crippen molar-refractivity contribution in [3.8, 4) is 11.5 Å². The minimum Gasteiger partial charge on any atom is -0.494 e. The molecule has 8 heteroatoms. The van der Waals surface area contributed by atoms with E-state index in [0.29, 0.717) is 24.4 Å². The van der Waals surface area contributed by atoms with Crippen LogP contribution in [0.2, 0.25) is 0 Å². The van der Waals surface area contributed by atoms with E-state index in [-0.39, 0.29) is 13.1 Å². The highest BCUT2D eigenvalue weighted by atomic mass is 16.6. The summed E-state index contributed by atoms with van der Waals surface area (Å²) in [7, 11) is 0.607. The zero-order valence-electron chi connectivity index (χ0n) is 15.6. The summed E-state index contributed by atoms with van der Waals surface area (Å²) in [4.78, 5) is 25.3. The van der Waals surface area contributed by atoms with E-state index >= 15 is 0 Å². The van der Waals surface area contributed by atoms with Crippen molar-refractivity contribution in [2.75, 3.05) is 26.7 Å². The summed E-state index contributed by atoms with van der Waals surface area (Å²) >= 11 is 0. The average molecular weight is 381 g/mol. The van der Waals surface area contributed by atoms with Gasteiger partial charge in [0.1, 0.15) is 18.1 Å². The van der Waals surface area contributed by atoms with Gasteiger partial charge < -0.3 is 18.8 Å². The molecule has 1 fully saturated rings. The number of fused-ring (bicyclic) bond motifs is 1. The van der Waals surface area contributed by atoms with Crippen LogP contribution in [0.1, 0.15) is 11.1 Å². The number of carbonyl (C=O) groups excluding carboxylic acids is 2. The van der Waals surface area contributed by atoms with Crippen molar-refractivity contribution < 1.29 is 28.4 Å². The SMILES string of the molecule is CN1CC(=O)OB(c2ccc(OCc3cccc4c3OCC4)cc2)OC(=O)C1. The molecule has 0 amide bonds. The van der Waals surface area contributed by atoms with Crippen molar-refractivity contribution >= 4 is 24.5 Å². The predicted molar refractivity (Wildman–Crippen MR) is 101 cm³/mol. The molecule has 28 heavy (non-hydrogen) atoms. The summed E-state index contributed by atoms with van der Waals surface area (Å²) in [6, 6.07) is 13.0. The highest BCUT2D eigenvalue weighted by Crippen LogP contribution is 2.30. The van der Waals surface area contributed by atoms with Gasteiger partial charge in [-0.25, -0.2) is 0 Å². The van der Waals surface area contributed by atoms with E-state index in [1.807, 2.05) is 12.1 Å². The standard InChI is InChI=1S/C20H20BNO6/c1-22-11-18(23)27-21(28-19(24)12-22)16-5-7-17(8-6-16)26-13-15-4-2-3-14-9-10-25-20(14)15/h2-8H,9-13H2,1H3. The van der Waals surface area contributed by atoms with Crippen molar-refractivity contribution in [2.24, 2.45) is 0 Å². The molecule has 144 valence electrons. The molecule has 0 aromatic heterocycles. The lowest BCUT2D eigenvalue weighted by Crippen LogP contribution is -2.47. The van der Waals surface area contributed by atoms with Gasteiger partial charge in [0.15, 0.2) is 0 Å². The van der Waals surface area contributed by atoms with E-state index in [2.05, 4.69) is 6.07 Å². The van der Waals surface area contributed by atoms with Crippen LogP contribution >= 0.6 is 0 Å². The summed E-state index contributed by atoms with van der Waals surface area (Å²) in [6.07, 6.45) is 0.923. The Labute approximate surface area is 163 Å². The third-order valence-electron chi connectivity index (χ3n) is 4.62. The molecule has 1 saturated heterocycles. The highest BCUT2D eigenvalue weighted by molar-refractivity contribution is 6.64. The maximum Gasteiger partial charge on any atom is 0.636 e. The van der Waals surface area contributed by atoms with Crippen molar-refractivity contribution in [1.82, 2.24) is 4.90 Å². The van der Waals surface area contributed by atoms with Crippen LogP contribution in [0.3, 0.4) is 0 Å². The van der Waals surface area contributed by atoms with Crippen molar-refractivity contribution in [1.29, 1.82) is 0 Å². The fraction of sp³-hybridized carbons (Fsp3) is 0.300. The highest BCUT2D eigenvalue weighted by Gasteiger charge is 2.33. The minimum atomic E-state index is -1.05. The Hall–Kier alpha value is -3.00. The van der Waals surface area contributed by atoms with Crippen LogP contribution in [-0.2, 0) is 31.9 Å². The van der Waals surface area contributed by atoms with E-state index in [4.69, 9.17) is 18.8 Å². The first-order chi connectivity index (χ1) is 13.6. The molecule has 0 N–H and O–H groups in total. The fourth-order valence-electron chi connectivity index (χ4n) is 3.25. The molecule has 0 unspecified atom stereocenters. The first-order valence-electron chi connectivity index (χ1n) is 9.12. The van der Waals surface area contributed by atoms with Gasteiger partial charge in [-0.2, -0.15) is 0 Å². The second-order valence-electron chi connectivity index (χ2n) is 6.85. The van der Waals surface area contributed by atoms with E-state index in [9.17, 15) is 9.59 Å². The third-order valence-corrected chi connectivity index (χ3v) is 4.62. The Morgan fingerprint density at radius 3 is 2.46 bits per heavy atom. The van der Waals surface area contributed by atoms with Gasteiger partial charge in [0.25, 0.3) is 0 Å². The van der Waals surface area contributed by atoms with E-state index < -0.39 is 19.1 Å². The zero-order chi connectivity index (χ0) is 19.5. The Bertz CT molecular complexity index is 865. The second kappa shape index (κ2) is 7.94. The maximum atomic E-state index is 11.9. The van der Waals surface area contributed by atoms with Gasteiger partial charge in [0.2, 0.25) is 0 Å². The molecule has 7 nitrogen and oxygen atoms in total. The number of benzene rings is 2. The van der Waals surface area contributed by atoms with Crippen LogP contribution in [0, 0.1) is 0 Å². The normalized spacial score (nSPS) is 17.1. The molecule has 0 aliphatic carbocycles. The summed E-state index contributed by atoms with van der Waals surface area (Å²) in [5.74, 6) is 0.677. The lowest BCUT2D eigenvalue weighted by atomic mass is 9.78. The van der Waals surface area contributed by atoms with Gasteiger partial charge in [-0.3, -0.25) is 14.5 Å². The zero-order valence-corrected chi connectivity index (χ0v) is 15.6. The van der Waals surface area contributed by atoms with Gasteiger partial charge in [0.05, 0.1) is 19.7 Å². The van der Waals surface area contributed by atoms with E-state index in [1.165, 1.54) is 5.56 Å². The van der Waals surface area contributed by atoms with E-state index in [0.717, 1.165) is 17.7 Å². The smallest absolute Gasteiger partial charge is 0.494 e. The van der Waals surface area contributed by atoms with Crippen molar-refractivity contribution in [2.45, 2.75) is 13.0 Å². The lowest BCUT2D eigenvalue weighted by molar-refractivity contribution is -0.145. The van der Waals surface area contributed by atoms with Crippen molar-refractivity contribution in [3.05, 3.63) is 53.6 Å². The maximum absolute atomic E-state index is 11.9. The molecule has 0 atom stereocenters. The Morgan fingerprint density at radius 2 is 1.75 bits per heavy atom. The molecule has 2 aliphatic rings. The Kier molecular flexibility index (Phi) is 5.21. The van der Waals surface area contributed by atoms with Crippen LogP contribution in [0.25, 0.3) is 0 Å². The number of nitrogens with zero attached hydrogens (tertiary/aromatic N) is 1. The Balaban J connectivity index is 1.41. The molecule has 0 radical (unpaired) electrons.